The van der Waals surface area contributed by atoms with Gasteiger partial charge in [-0.3, -0.25) is 4.79 Å². The van der Waals surface area contributed by atoms with Gasteiger partial charge in [0.25, 0.3) is 0 Å². The Labute approximate surface area is 114 Å². The highest BCUT2D eigenvalue weighted by molar-refractivity contribution is 7.17. The normalized spacial score (nSPS) is 10.6. The van der Waals surface area contributed by atoms with Crippen LogP contribution >= 0.6 is 22.9 Å². The first-order valence-corrected chi connectivity index (χ1v) is 6.80. The molecule has 0 aliphatic heterocycles. The van der Waals surface area contributed by atoms with Gasteiger partial charge in [0, 0.05) is 4.70 Å². The predicted octanol–water partition coefficient (Wildman–Crippen LogP) is 3.67. The molecule has 0 atom stereocenters. The quantitative estimate of drug-likeness (QED) is 0.804. The van der Waals surface area contributed by atoms with Gasteiger partial charge in [0.2, 0.25) is 0 Å². The van der Waals surface area contributed by atoms with Crippen molar-refractivity contribution in [1.82, 2.24) is 0 Å². The third-order valence-electron chi connectivity index (χ3n) is 2.57. The zero-order valence-corrected chi connectivity index (χ0v) is 11.7. The molecule has 0 bridgehead atoms. The second kappa shape index (κ2) is 5.59. The average molecular weight is 285 g/mol. The van der Waals surface area contributed by atoms with Gasteiger partial charge in [-0.15, -0.1) is 11.3 Å². The van der Waals surface area contributed by atoms with E-state index in [0.717, 1.165) is 15.6 Å². The van der Waals surface area contributed by atoms with Crippen LogP contribution in [0.3, 0.4) is 0 Å². The molecular weight excluding hydrogens is 272 g/mol. The van der Waals surface area contributed by atoms with Crippen molar-refractivity contribution in [3.8, 4) is 5.75 Å². The fourth-order valence-electron chi connectivity index (χ4n) is 1.74. The summed E-state index contributed by atoms with van der Waals surface area (Å²) in [4.78, 5) is 11.5. The monoisotopic (exact) mass is 284 g/mol. The number of benzene rings is 1. The van der Waals surface area contributed by atoms with Crippen molar-refractivity contribution in [3.05, 3.63) is 28.1 Å². The lowest BCUT2D eigenvalue weighted by atomic mass is 10.1. The number of fused-ring (bicyclic) bond motifs is 1. The lowest BCUT2D eigenvalue weighted by Gasteiger charge is -2.04. The minimum atomic E-state index is -0.217. The Morgan fingerprint density at radius 3 is 2.89 bits per heavy atom. The molecule has 0 amide bonds. The van der Waals surface area contributed by atoms with Crippen LogP contribution in [0.4, 0.5) is 0 Å². The molecule has 0 aliphatic rings. The Bertz CT molecular complexity index is 577. The summed E-state index contributed by atoms with van der Waals surface area (Å²) in [5.74, 6) is 0.402. The summed E-state index contributed by atoms with van der Waals surface area (Å²) in [6, 6.07) is 3.72. The van der Waals surface area contributed by atoms with E-state index in [4.69, 9.17) is 21.1 Å². The maximum Gasteiger partial charge on any atom is 0.310 e. The number of thiophene rings is 1. The Hall–Kier alpha value is -1.26. The molecule has 3 nitrogen and oxygen atoms in total. The number of halogens is 1. The second-order valence-corrected chi connectivity index (χ2v) is 5.04. The molecule has 1 aromatic carbocycles. The van der Waals surface area contributed by atoms with Crippen LogP contribution in [0.15, 0.2) is 17.5 Å². The number of hydrogen-bond donors (Lipinski definition) is 0. The summed E-state index contributed by atoms with van der Waals surface area (Å²) < 4.78 is 11.2. The molecule has 2 aromatic rings. The fourth-order valence-corrected chi connectivity index (χ4v) is 3.03. The van der Waals surface area contributed by atoms with Crippen molar-refractivity contribution in [3.63, 3.8) is 0 Å². The standard InChI is InChI=1S/C13H13ClO3S/c1-3-17-13(15)4-8-7-18-12-6-10(14)11(16-2)5-9(8)12/h5-7H,3-4H2,1-2H3. The Balaban J connectivity index is 2.37. The maximum atomic E-state index is 11.5. The van der Waals surface area contributed by atoms with Gasteiger partial charge in [-0.25, -0.2) is 0 Å². The molecule has 0 N–H and O–H groups in total. The lowest BCUT2D eigenvalue weighted by Crippen LogP contribution is -2.06. The van der Waals surface area contributed by atoms with Crippen molar-refractivity contribution in [1.29, 1.82) is 0 Å². The zero-order valence-electron chi connectivity index (χ0n) is 10.2. The summed E-state index contributed by atoms with van der Waals surface area (Å²) in [7, 11) is 1.57. The number of carbonyl (C=O) groups excluding carboxylic acids is 1. The molecule has 0 saturated carbocycles. The van der Waals surface area contributed by atoms with Crippen molar-refractivity contribution >= 4 is 39.0 Å². The number of ether oxygens (including phenoxy) is 2. The van der Waals surface area contributed by atoms with E-state index in [1.54, 1.807) is 25.4 Å². The van der Waals surface area contributed by atoms with Crippen LogP contribution in [0.25, 0.3) is 10.1 Å². The Morgan fingerprint density at radius 1 is 1.44 bits per heavy atom. The van der Waals surface area contributed by atoms with Gasteiger partial charge in [-0.2, -0.15) is 0 Å². The predicted molar refractivity (Wildman–Crippen MR) is 73.7 cm³/mol. The highest BCUT2D eigenvalue weighted by Gasteiger charge is 2.12. The summed E-state index contributed by atoms with van der Waals surface area (Å²) in [6.07, 6.45) is 0.276. The summed E-state index contributed by atoms with van der Waals surface area (Å²) in [5.41, 5.74) is 0.948. The third kappa shape index (κ3) is 2.60. The van der Waals surface area contributed by atoms with Gasteiger partial charge in [-0.05, 0) is 35.4 Å². The minimum Gasteiger partial charge on any atom is -0.495 e. The topological polar surface area (TPSA) is 35.5 Å². The van der Waals surface area contributed by atoms with E-state index in [2.05, 4.69) is 0 Å². The van der Waals surface area contributed by atoms with Crippen molar-refractivity contribution in [2.45, 2.75) is 13.3 Å². The van der Waals surface area contributed by atoms with Gasteiger partial charge in [-0.1, -0.05) is 11.6 Å². The molecule has 5 heteroatoms. The van der Waals surface area contributed by atoms with E-state index in [9.17, 15) is 4.79 Å². The smallest absolute Gasteiger partial charge is 0.310 e. The second-order valence-electron chi connectivity index (χ2n) is 3.73. The SMILES string of the molecule is CCOC(=O)Cc1csc2cc(Cl)c(OC)cc12. The van der Waals surface area contributed by atoms with Crippen molar-refractivity contribution < 1.29 is 14.3 Å². The van der Waals surface area contributed by atoms with Gasteiger partial charge in [0.1, 0.15) is 5.75 Å². The molecule has 0 radical (unpaired) electrons. The van der Waals surface area contributed by atoms with Crippen LogP contribution in [-0.4, -0.2) is 19.7 Å². The maximum absolute atomic E-state index is 11.5. The first-order valence-electron chi connectivity index (χ1n) is 5.55. The molecule has 0 unspecified atom stereocenters. The Morgan fingerprint density at radius 2 is 2.22 bits per heavy atom. The number of hydrogen-bond acceptors (Lipinski definition) is 4. The fraction of sp³-hybridized carbons (Fsp3) is 0.308. The molecule has 0 spiro atoms. The highest BCUT2D eigenvalue weighted by Crippen LogP contribution is 2.35. The van der Waals surface area contributed by atoms with E-state index in [-0.39, 0.29) is 12.4 Å². The van der Waals surface area contributed by atoms with Crippen molar-refractivity contribution in [2.24, 2.45) is 0 Å². The number of methoxy groups -OCH3 is 1. The molecule has 0 aliphatic carbocycles. The van der Waals surface area contributed by atoms with E-state index < -0.39 is 0 Å². The first kappa shape index (κ1) is 13.2. The third-order valence-corrected chi connectivity index (χ3v) is 3.86. The summed E-state index contributed by atoms with van der Waals surface area (Å²) in [6.45, 7) is 2.20. The number of carbonyl (C=O) groups is 1. The van der Waals surface area contributed by atoms with Crippen LogP contribution in [0.2, 0.25) is 5.02 Å². The van der Waals surface area contributed by atoms with Gasteiger partial charge in [0.15, 0.2) is 0 Å². The van der Waals surface area contributed by atoms with Crippen LogP contribution < -0.4 is 4.74 Å². The van der Waals surface area contributed by atoms with Gasteiger partial charge >= 0.3 is 5.97 Å². The highest BCUT2D eigenvalue weighted by atomic mass is 35.5. The minimum absolute atomic E-state index is 0.217. The average Bonchev–Trinajstić information content (AvgIpc) is 2.70. The molecule has 0 fully saturated rings. The van der Waals surface area contributed by atoms with Crippen LogP contribution in [0.5, 0.6) is 5.75 Å². The lowest BCUT2D eigenvalue weighted by molar-refractivity contribution is -0.142. The molecule has 18 heavy (non-hydrogen) atoms. The van der Waals surface area contributed by atoms with Gasteiger partial charge in [0.05, 0.1) is 25.2 Å². The Kier molecular flexibility index (Phi) is 4.09. The number of esters is 1. The number of rotatable bonds is 4. The molecule has 1 aromatic heterocycles. The van der Waals surface area contributed by atoms with E-state index in [0.29, 0.717) is 17.4 Å². The summed E-state index contributed by atoms with van der Waals surface area (Å²) in [5, 5.41) is 3.53. The van der Waals surface area contributed by atoms with Crippen LogP contribution in [0.1, 0.15) is 12.5 Å². The summed E-state index contributed by atoms with van der Waals surface area (Å²) >= 11 is 7.62. The molecular formula is C13H13ClO3S. The molecule has 2 rings (SSSR count). The molecule has 96 valence electrons. The molecule has 1 heterocycles. The zero-order chi connectivity index (χ0) is 13.1. The van der Waals surface area contributed by atoms with E-state index in [1.165, 1.54) is 0 Å². The largest absolute Gasteiger partial charge is 0.495 e. The van der Waals surface area contributed by atoms with Crippen molar-refractivity contribution in [2.75, 3.05) is 13.7 Å². The van der Waals surface area contributed by atoms with E-state index >= 15 is 0 Å². The van der Waals surface area contributed by atoms with E-state index in [1.807, 2.05) is 17.5 Å². The van der Waals surface area contributed by atoms with Gasteiger partial charge < -0.3 is 9.47 Å². The molecule has 0 saturated heterocycles. The first-order chi connectivity index (χ1) is 8.65. The van der Waals surface area contributed by atoms with Crippen LogP contribution in [-0.2, 0) is 16.0 Å². The van der Waals surface area contributed by atoms with Crippen LogP contribution in [0, 0.1) is 0 Å².